The molecular formula is C17H16ClF3N2O3S. The van der Waals surface area contributed by atoms with Crippen molar-refractivity contribution in [1.29, 1.82) is 0 Å². The number of sulfonamides is 1. The average molecular weight is 421 g/mol. The topological polar surface area (TPSA) is 75.3 Å². The highest BCUT2D eigenvalue weighted by Gasteiger charge is 2.30. The van der Waals surface area contributed by atoms with Crippen molar-refractivity contribution in [1.82, 2.24) is 5.32 Å². The number of nitrogens with one attached hydrogen (secondary N) is 2. The third-order valence-electron chi connectivity index (χ3n) is 3.35. The molecule has 2 aromatic rings. The first-order valence-corrected chi connectivity index (χ1v) is 9.57. The third-order valence-corrected chi connectivity index (χ3v) is 5.06. The van der Waals surface area contributed by atoms with Crippen LogP contribution in [-0.2, 0) is 16.2 Å². The highest BCUT2D eigenvalue weighted by atomic mass is 35.5. The van der Waals surface area contributed by atoms with Gasteiger partial charge >= 0.3 is 6.18 Å². The van der Waals surface area contributed by atoms with E-state index >= 15 is 0 Å². The zero-order chi connectivity index (χ0) is 20.4. The van der Waals surface area contributed by atoms with Crippen LogP contribution < -0.4 is 10.0 Å². The predicted molar refractivity (Wildman–Crippen MR) is 96.3 cm³/mol. The Morgan fingerprint density at radius 2 is 1.78 bits per heavy atom. The summed E-state index contributed by atoms with van der Waals surface area (Å²) in [5, 5.41) is 2.64. The van der Waals surface area contributed by atoms with Gasteiger partial charge in [0, 0.05) is 11.7 Å². The molecule has 2 N–H and O–H groups in total. The summed E-state index contributed by atoms with van der Waals surface area (Å²) in [5.41, 5.74) is -1.30. The van der Waals surface area contributed by atoms with E-state index in [-0.39, 0.29) is 27.2 Å². The fourth-order valence-electron chi connectivity index (χ4n) is 2.16. The first-order valence-electron chi connectivity index (χ1n) is 7.70. The minimum Gasteiger partial charge on any atom is -0.350 e. The van der Waals surface area contributed by atoms with Crippen molar-refractivity contribution in [3.05, 3.63) is 58.6 Å². The number of rotatable bonds is 5. The molecule has 0 aliphatic heterocycles. The van der Waals surface area contributed by atoms with Crippen LogP contribution in [0.5, 0.6) is 0 Å². The molecule has 0 aliphatic carbocycles. The lowest BCUT2D eigenvalue weighted by Gasteiger charge is -2.13. The molecule has 0 spiro atoms. The van der Waals surface area contributed by atoms with E-state index in [1.165, 1.54) is 12.1 Å². The molecule has 0 aromatic heterocycles. The van der Waals surface area contributed by atoms with Crippen LogP contribution in [0.15, 0.2) is 47.4 Å². The Hall–Kier alpha value is -2.26. The molecule has 0 unspecified atom stereocenters. The van der Waals surface area contributed by atoms with Crippen molar-refractivity contribution in [2.45, 2.75) is 31.0 Å². The van der Waals surface area contributed by atoms with Crippen LogP contribution >= 0.6 is 11.6 Å². The molecule has 0 heterocycles. The second kappa shape index (κ2) is 7.77. The molecule has 0 saturated carbocycles. The molecule has 0 atom stereocenters. The zero-order valence-corrected chi connectivity index (χ0v) is 15.8. The molecule has 2 rings (SSSR count). The number of hydrogen-bond acceptors (Lipinski definition) is 3. The summed E-state index contributed by atoms with van der Waals surface area (Å²) in [6.07, 6.45) is -4.61. The predicted octanol–water partition coefficient (Wildman–Crippen LogP) is 4.30. The van der Waals surface area contributed by atoms with E-state index in [0.717, 1.165) is 24.3 Å². The van der Waals surface area contributed by atoms with Gasteiger partial charge in [0.15, 0.2) is 0 Å². The Kier molecular flexibility index (Phi) is 6.06. The number of hydrogen-bond donors (Lipinski definition) is 2. The van der Waals surface area contributed by atoms with Crippen molar-refractivity contribution in [3.8, 4) is 0 Å². The van der Waals surface area contributed by atoms with Gasteiger partial charge in [-0.3, -0.25) is 9.52 Å². The van der Waals surface area contributed by atoms with Gasteiger partial charge < -0.3 is 5.32 Å². The Balaban J connectivity index is 2.36. The quantitative estimate of drug-likeness (QED) is 0.757. The Labute approximate surface area is 159 Å². The zero-order valence-electron chi connectivity index (χ0n) is 14.3. The lowest BCUT2D eigenvalue weighted by atomic mass is 10.2. The van der Waals surface area contributed by atoms with Crippen molar-refractivity contribution < 1.29 is 26.4 Å². The minimum absolute atomic E-state index is 0.0474. The van der Waals surface area contributed by atoms with Gasteiger partial charge in [0.25, 0.3) is 15.9 Å². The molecule has 0 fully saturated rings. The van der Waals surface area contributed by atoms with Gasteiger partial charge in [-0.2, -0.15) is 13.2 Å². The molecular weight excluding hydrogens is 405 g/mol. The summed E-state index contributed by atoms with van der Waals surface area (Å²) >= 11 is 5.95. The smallest absolute Gasteiger partial charge is 0.350 e. The summed E-state index contributed by atoms with van der Waals surface area (Å²) in [7, 11) is -4.23. The Morgan fingerprint density at radius 1 is 1.11 bits per heavy atom. The van der Waals surface area contributed by atoms with Gasteiger partial charge in [-0.05, 0) is 50.2 Å². The number of benzene rings is 2. The minimum atomic E-state index is -4.61. The molecule has 0 saturated heterocycles. The maximum absolute atomic E-state index is 12.8. The van der Waals surface area contributed by atoms with Gasteiger partial charge in [-0.25, -0.2) is 8.42 Å². The summed E-state index contributed by atoms with van der Waals surface area (Å²) in [4.78, 5) is 11.8. The molecule has 5 nitrogen and oxygen atoms in total. The van der Waals surface area contributed by atoms with E-state index in [1.54, 1.807) is 13.8 Å². The van der Waals surface area contributed by atoms with Gasteiger partial charge in [-0.15, -0.1) is 0 Å². The van der Waals surface area contributed by atoms with Crippen molar-refractivity contribution >= 4 is 33.2 Å². The van der Waals surface area contributed by atoms with E-state index in [2.05, 4.69) is 10.0 Å². The molecule has 0 bridgehead atoms. The number of alkyl halides is 3. The van der Waals surface area contributed by atoms with Gasteiger partial charge in [0.1, 0.15) is 0 Å². The highest BCUT2D eigenvalue weighted by molar-refractivity contribution is 7.92. The first-order chi connectivity index (χ1) is 12.4. The van der Waals surface area contributed by atoms with Crippen LogP contribution in [-0.4, -0.2) is 20.4 Å². The fraction of sp³-hybridized carbons (Fsp3) is 0.235. The fourth-order valence-corrected chi connectivity index (χ4v) is 3.44. The standard InChI is InChI=1S/C17H16ClF3N2O3S/c1-10(2)22-16(24)14-9-13(6-7-15(14)18)27(25,26)23-12-5-3-4-11(8-12)17(19,20)21/h3-10,23H,1-2H3,(H,22,24). The number of halogens is 4. The normalized spacial score (nSPS) is 12.1. The molecule has 146 valence electrons. The number of amides is 1. The van der Waals surface area contributed by atoms with Crippen LogP contribution in [0.4, 0.5) is 18.9 Å². The highest BCUT2D eigenvalue weighted by Crippen LogP contribution is 2.31. The van der Waals surface area contributed by atoms with Gasteiger partial charge in [0.2, 0.25) is 0 Å². The van der Waals surface area contributed by atoms with Gasteiger partial charge in [-0.1, -0.05) is 17.7 Å². The monoisotopic (exact) mass is 420 g/mol. The lowest BCUT2D eigenvalue weighted by molar-refractivity contribution is -0.137. The van der Waals surface area contributed by atoms with Crippen molar-refractivity contribution in [2.24, 2.45) is 0 Å². The number of carbonyl (C=O) groups is 1. The van der Waals surface area contributed by atoms with Crippen LogP contribution in [0, 0.1) is 0 Å². The van der Waals surface area contributed by atoms with Crippen LogP contribution in [0.1, 0.15) is 29.8 Å². The van der Waals surface area contributed by atoms with E-state index < -0.39 is 27.7 Å². The molecule has 10 heteroatoms. The Bertz CT molecular complexity index is 960. The van der Waals surface area contributed by atoms with E-state index in [1.807, 2.05) is 0 Å². The molecule has 1 amide bonds. The van der Waals surface area contributed by atoms with Gasteiger partial charge in [0.05, 0.1) is 21.0 Å². The van der Waals surface area contributed by atoms with Crippen molar-refractivity contribution in [2.75, 3.05) is 4.72 Å². The van der Waals surface area contributed by atoms with E-state index in [0.29, 0.717) is 6.07 Å². The molecule has 0 aliphatic rings. The molecule has 2 aromatic carbocycles. The van der Waals surface area contributed by atoms with Crippen LogP contribution in [0.25, 0.3) is 0 Å². The number of carbonyl (C=O) groups excluding carboxylic acids is 1. The summed E-state index contributed by atoms with van der Waals surface area (Å²) in [5.74, 6) is -0.564. The van der Waals surface area contributed by atoms with Crippen molar-refractivity contribution in [3.63, 3.8) is 0 Å². The summed E-state index contributed by atoms with van der Waals surface area (Å²) in [6.45, 7) is 3.45. The third kappa shape index (κ3) is 5.36. The molecule has 0 radical (unpaired) electrons. The largest absolute Gasteiger partial charge is 0.416 e. The maximum atomic E-state index is 12.8. The maximum Gasteiger partial charge on any atom is 0.416 e. The second-order valence-electron chi connectivity index (χ2n) is 5.95. The van der Waals surface area contributed by atoms with Crippen LogP contribution in [0.2, 0.25) is 5.02 Å². The summed E-state index contributed by atoms with van der Waals surface area (Å²) < 4.78 is 65.4. The lowest BCUT2D eigenvalue weighted by Crippen LogP contribution is -2.30. The van der Waals surface area contributed by atoms with E-state index in [9.17, 15) is 26.4 Å². The van der Waals surface area contributed by atoms with Crippen LogP contribution in [0.3, 0.4) is 0 Å². The summed E-state index contributed by atoms with van der Waals surface area (Å²) in [6, 6.07) is 7.04. The molecule has 27 heavy (non-hydrogen) atoms. The first kappa shape index (κ1) is 21.0. The van der Waals surface area contributed by atoms with E-state index in [4.69, 9.17) is 11.6 Å². The Morgan fingerprint density at radius 3 is 2.37 bits per heavy atom. The number of anilines is 1. The SMILES string of the molecule is CC(C)NC(=O)c1cc(S(=O)(=O)Nc2cccc(C(F)(F)F)c2)ccc1Cl. The average Bonchev–Trinajstić information content (AvgIpc) is 2.53. The second-order valence-corrected chi connectivity index (χ2v) is 8.04.